The number of hydrogen-bond donors (Lipinski definition) is 1. The van der Waals surface area contributed by atoms with Crippen molar-refractivity contribution in [1.29, 1.82) is 0 Å². The lowest BCUT2D eigenvalue weighted by atomic mass is 9.95. The van der Waals surface area contributed by atoms with Crippen molar-refractivity contribution in [3.8, 4) is 0 Å². The first-order chi connectivity index (χ1) is 16.4. The van der Waals surface area contributed by atoms with Gasteiger partial charge in [0.2, 0.25) is 0 Å². The second kappa shape index (κ2) is 12.9. The van der Waals surface area contributed by atoms with Gasteiger partial charge in [0.05, 0.1) is 29.7 Å². The fraction of sp³-hybridized carbons (Fsp3) is 0.538. The number of benzene rings is 1. The highest BCUT2D eigenvalue weighted by Gasteiger charge is 2.25. The summed E-state index contributed by atoms with van der Waals surface area (Å²) in [5.41, 5.74) is 4.02. The van der Waals surface area contributed by atoms with Gasteiger partial charge in [-0.1, -0.05) is 38.4 Å². The first-order valence-corrected chi connectivity index (χ1v) is 12.3. The maximum Gasteiger partial charge on any atom is 0.308 e. The SMILES string of the molecule is COCOC(=O)CC(C)c1ccc(N(CC(C)C)C2CCOCC2)c(Nc2ccc(Cl)nc2)c1. The van der Waals surface area contributed by atoms with Crippen molar-refractivity contribution in [2.45, 2.75) is 52.0 Å². The zero-order chi connectivity index (χ0) is 24.5. The molecule has 1 aliphatic heterocycles. The van der Waals surface area contributed by atoms with Gasteiger partial charge in [-0.05, 0) is 54.5 Å². The first kappa shape index (κ1) is 26.3. The Morgan fingerprint density at radius 1 is 1.24 bits per heavy atom. The molecule has 1 saturated heterocycles. The number of anilines is 3. The van der Waals surface area contributed by atoms with Crippen LogP contribution in [0, 0.1) is 5.92 Å². The van der Waals surface area contributed by atoms with Crippen LogP contribution in [-0.4, -0.2) is 50.7 Å². The van der Waals surface area contributed by atoms with Crippen molar-refractivity contribution in [2.75, 3.05) is 43.9 Å². The zero-order valence-corrected chi connectivity index (χ0v) is 21.3. The molecule has 0 radical (unpaired) electrons. The molecular formula is C26H36ClN3O4. The molecule has 2 heterocycles. The number of nitrogens with one attached hydrogen (secondary N) is 1. The van der Waals surface area contributed by atoms with Crippen molar-refractivity contribution in [3.05, 3.63) is 47.2 Å². The third-order valence-corrected chi connectivity index (χ3v) is 6.13. The highest BCUT2D eigenvalue weighted by atomic mass is 35.5. The third-order valence-electron chi connectivity index (χ3n) is 5.91. The van der Waals surface area contributed by atoms with Crippen LogP contribution in [0.2, 0.25) is 5.15 Å². The Morgan fingerprint density at radius 2 is 2.00 bits per heavy atom. The summed E-state index contributed by atoms with van der Waals surface area (Å²) in [7, 11) is 1.50. The predicted molar refractivity (Wildman–Crippen MR) is 136 cm³/mol. The Bertz CT molecular complexity index is 917. The molecule has 8 heteroatoms. The quantitative estimate of drug-likeness (QED) is 0.244. The molecule has 2 aromatic rings. The van der Waals surface area contributed by atoms with Crippen LogP contribution in [0.15, 0.2) is 36.5 Å². The molecule has 0 amide bonds. The van der Waals surface area contributed by atoms with Crippen molar-refractivity contribution in [1.82, 2.24) is 4.98 Å². The summed E-state index contributed by atoms with van der Waals surface area (Å²) in [4.78, 5) is 18.9. The maximum atomic E-state index is 12.1. The minimum absolute atomic E-state index is 0.0103. The number of ether oxygens (including phenoxy) is 3. The van der Waals surface area contributed by atoms with Crippen LogP contribution >= 0.6 is 11.6 Å². The van der Waals surface area contributed by atoms with Gasteiger partial charge in [0, 0.05) is 32.9 Å². The van der Waals surface area contributed by atoms with Gasteiger partial charge in [-0.2, -0.15) is 0 Å². The van der Waals surface area contributed by atoms with Crippen LogP contribution in [0.4, 0.5) is 17.1 Å². The van der Waals surface area contributed by atoms with E-state index in [0.717, 1.165) is 55.2 Å². The summed E-state index contributed by atoms with van der Waals surface area (Å²) in [5, 5.41) is 4.00. The number of aromatic nitrogens is 1. The average molecular weight is 490 g/mol. The molecule has 0 bridgehead atoms. The van der Waals surface area contributed by atoms with E-state index in [0.29, 0.717) is 17.1 Å². The molecule has 186 valence electrons. The highest BCUT2D eigenvalue weighted by Crippen LogP contribution is 2.36. The van der Waals surface area contributed by atoms with Gasteiger partial charge < -0.3 is 24.4 Å². The van der Waals surface area contributed by atoms with E-state index in [9.17, 15) is 4.79 Å². The number of carbonyl (C=O) groups excluding carboxylic acids is 1. The lowest BCUT2D eigenvalue weighted by molar-refractivity contribution is -0.154. The van der Waals surface area contributed by atoms with Crippen LogP contribution in [0.5, 0.6) is 0 Å². The van der Waals surface area contributed by atoms with E-state index in [1.807, 2.05) is 13.0 Å². The van der Waals surface area contributed by atoms with Crippen molar-refractivity contribution in [2.24, 2.45) is 5.92 Å². The van der Waals surface area contributed by atoms with E-state index < -0.39 is 0 Å². The molecule has 1 N–H and O–H groups in total. The van der Waals surface area contributed by atoms with Crippen molar-refractivity contribution < 1.29 is 19.0 Å². The number of hydrogen-bond acceptors (Lipinski definition) is 7. The summed E-state index contributed by atoms with van der Waals surface area (Å²) in [6, 6.07) is 10.5. The Labute approximate surface area is 207 Å². The molecular weight excluding hydrogens is 454 g/mol. The highest BCUT2D eigenvalue weighted by molar-refractivity contribution is 6.29. The topological polar surface area (TPSA) is 72.9 Å². The molecule has 1 aliphatic rings. The van der Waals surface area contributed by atoms with Crippen LogP contribution < -0.4 is 10.2 Å². The van der Waals surface area contributed by atoms with Crippen LogP contribution in [0.1, 0.15) is 51.5 Å². The van der Waals surface area contributed by atoms with Gasteiger partial charge in [0.25, 0.3) is 0 Å². The summed E-state index contributed by atoms with van der Waals surface area (Å²) < 4.78 is 15.6. The molecule has 7 nitrogen and oxygen atoms in total. The number of rotatable bonds is 11. The van der Waals surface area contributed by atoms with Crippen LogP contribution in [-0.2, 0) is 19.0 Å². The monoisotopic (exact) mass is 489 g/mol. The second-order valence-electron chi connectivity index (χ2n) is 9.19. The summed E-state index contributed by atoms with van der Waals surface area (Å²) in [5.74, 6) is 0.212. The Kier molecular flexibility index (Phi) is 9.99. The van der Waals surface area contributed by atoms with E-state index in [2.05, 4.69) is 47.2 Å². The van der Waals surface area contributed by atoms with Gasteiger partial charge >= 0.3 is 5.97 Å². The fourth-order valence-electron chi connectivity index (χ4n) is 4.20. The van der Waals surface area contributed by atoms with E-state index in [1.165, 1.54) is 7.11 Å². The van der Waals surface area contributed by atoms with Gasteiger partial charge in [0.1, 0.15) is 5.15 Å². The van der Waals surface area contributed by atoms with E-state index in [1.54, 1.807) is 12.3 Å². The Balaban J connectivity index is 1.94. The molecule has 3 rings (SSSR count). The molecule has 0 spiro atoms. The van der Waals surface area contributed by atoms with Crippen molar-refractivity contribution in [3.63, 3.8) is 0 Å². The van der Waals surface area contributed by atoms with Crippen molar-refractivity contribution >= 4 is 34.6 Å². The second-order valence-corrected chi connectivity index (χ2v) is 9.58. The number of halogens is 1. The van der Waals surface area contributed by atoms with Crippen LogP contribution in [0.25, 0.3) is 0 Å². The molecule has 1 aromatic heterocycles. The molecule has 34 heavy (non-hydrogen) atoms. The number of esters is 1. The Morgan fingerprint density at radius 3 is 2.65 bits per heavy atom. The minimum Gasteiger partial charge on any atom is -0.438 e. The van der Waals surface area contributed by atoms with Gasteiger partial charge in [-0.3, -0.25) is 4.79 Å². The summed E-state index contributed by atoms with van der Waals surface area (Å²) in [6.07, 6.45) is 4.00. The molecule has 1 unspecified atom stereocenters. The van der Waals surface area contributed by atoms with E-state index >= 15 is 0 Å². The molecule has 0 aliphatic carbocycles. The van der Waals surface area contributed by atoms with Gasteiger partial charge in [0.15, 0.2) is 6.79 Å². The Hall–Kier alpha value is -2.35. The number of pyridine rings is 1. The van der Waals surface area contributed by atoms with Gasteiger partial charge in [-0.15, -0.1) is 0 Å². The fourth-order valence-corrected chi connectivity index (χ4v) is 4.31. The van der Waals surface area contributed by atoms with E-state index in [4.69, 9.17) is 25.8 Å². The summed E-state index contributed by atoms with van der Waals surface area (Å²) in [6.45, 7) is 8.98. The molecule has 1 atom stereocenters. The van der Waals surface area contributed by atoms with Gasteiger partial charge in [-0.25, -0.2) is 4.98 Å². The molecule has 1 aromatic carbocycles. The number of nitrogens with zero attached hydrogens (tertiary/aromatic N) is 2. The average Bonchev–Trinajstić information content (AvgIpc) is 2.83. The zero-order valence-electron chi connectivity index (χ0n) is 20.6. The normalized spacial score (nSPS) is 15.2. The number of methoxy groups -OCH3 is 1. The first-order valence-electron chi connectivity index (χ1n) is 11.9. The van der Waals surface area contributed by atoms with Crippen LogP contribution in [0.3, 0.4) is 0 Å². The molecule has 0 saturated carbocycles. The standard InChI is InChI=1S/C26H36ClN3O4/c1-18(2)16-30(22-9-11-33-12-10-22)24-7-5-20(19(3)13-26(31)34-17-32-4)14-23(24)29-21-6-8-25(27)28-15-21/h5-8,14-15,18-19,22,29H,9-13,16-17H2,1-4H3. The third kappa shape index (κ3) is 7.58. The molecule has 1 fully saturated rings. The lowest BCUT2D eigenvalue weighted by Gasteiger charge is -2.38. The summed E-state index contributed by atoms with van der Waals surface area (Å²) >= 11 is 5.99. The predicted octanol–water partition coefficient (Wildman–Crippen LogP) is 5.76. The largest absolute Gasteiger partial charge is 0.438 e. The maximum absolute atomic E-state index is 12.1. The lowest BCUT2D eigenvalue weighted by Crippen LogP contribution is -2.42. The number of carbonyl (C=O) groups is 1. The smallest absolute Gasteiger partial charge is 0.308 e. The minimum atomic E-state index is -0.279. The van der Waals surface area contributed by atoms with E-state index in [-0.39, 0.29) is 25.1 Å².